The molecule has 0 N–H and O–H groups in total. The van der Waals surface area contributed by atoms with Crippen LogP contribution in [0.5, 0.6) is 11.5 Å². The van der Waals surface area contributed by atoms with Crippen LogP contribution in [0, 0.1) is 20.8 Å². The maximum atomic E-state index is 13.0. The minimum atomic E-state index is -1.33. The van der Waals surface area contributed by atoms with Crippen molar-refractivity contribution in [2.24, 2.45) is 0 Å². The van der Waals surface area contributed by atoms with E-state index in [2.05, 4.69) is 4.90 Å². The summed E-state index contributed by atoms with van der Waals surface area (Å²) in [5, 5.41) is 0. The number of hydrogen-bond donors (Lipinski definition) is 0. The van der Waals surface area contributed by atoms with E-state index in [0.29, 0.717) is 26.3 Å². The molecule has 0 aliphatic rings. The Morgan fingerprint density at radius 1 is 0.917 bits per heavy atom. The van der Waals surface area contributed by atoms with Crippen LogP contribution in [0.3, 0.4) is 0 Å². The third-order valence-electron chi connectivity index (χ3n) is 5.78. The number of aryl methyl sites for hydroxylation is 3. The van der Waals surface area contributed by atoms with Crippen LogP contribution in [0.15, 0.2) is 35.2 Å². The minimum Gasteiger partial charge on any atom is -0.497 e. The number of carbonyl (C=O) groups excluding carboxylic acids is 1. The predicted molar refractivity (Wildman–Crippen MR) is 144 cm³/mol. The lowest BCUT2D eigenvalue weighted by molar-refractivity contribution is -0.135. The molecule has 1 amide bonds. The van der Waals surface area contributed by atoms with E-state index in [9.17, 15) is 9.00 Å². The molecule has 0 heterocycles. The molecule has 1 atom stereocenters. The highest BCUT2D eigenvalue weighted by molar-refractivity contribution is 7.82. The Hall–Kier alpha value is -2.46. The third kappa shape index (κ3) is 8.89. The van der Waals surface area contributed by atoms with Gasteiger partial charge in [-0.1, -0.05) is 12.1 Å². The lowest BCUT2D eigenvalue weighted by atomic mass is 10.1. The molecule has 200 valence electrons. The predicted octanol–water partition coefficient (Wildman–Crippen LogP) is 3.19. The van der Waals surface area contributed by atoms with Gasteiger partial charge in [-0.25, -0.2) is 8.51 Å². The van der Waals surface area contributed by atoms with Crippen LogP contribution in [-0.2, 0) is 27.1 Å². The summed E-state index contributed by atoms with van der Waals surface area (Å²) in [7, 11) is 7.86. The smallest absolute Gasteiger partial charge is 0.248 e. The highest BCUT2D eigenvalue weighted by Crippen LogP contribution is 2.25. The molecule has 0 spiro atoms. The zero-order chi connectivity index (χ0) is 26.8. The van der Waals surface area contributed by atoms with E-state index in [1.807, 2.05) is 65.2 Å². The quantitative estimate of drug-likeness (QED) is 0.357. The normalized spacial score (nSPS) is 12.2. The summed E-state index contributed by atoms with van der Waals surface area (Å²) < 4.78 is 31.5. The summed E-state index contributed by atoms with van der Waals surface area (Å²) in [4.78, 5) is 17.0. The first kappa shape index (κ1) is 29.8. The molecular weight excluding hydrogens is 478 g/mol. The number of benzene rings is 2. The second kappa shape index (κ2) is 14.3. The monoisotopic (exact) mass is 519 g/mol. The number of ether oxygens (including phenoxy) is 3. The maximum Gasteiger partial charge on any atom is 0.248 e. The molecule has 0 aliphatic heterocycles. The van der Waals surface area contributed by atoms with Crippen molar-refractivity contribution >= 4 is 16.9 Å². The number of rotatable bonds is 14. The van der Waals surface area contributed by atoms with Crippen LogP contribution >= 0.6 is 0 Å². The van der Waals surface area contributed by atoms with Gasteiger partial charge in [0.15, 0.2) is 0 Å². The summed E-state index contributed by atoms with van der Waals surface area (Å²) in [6, 6.07) is 9.75. The van der Waals surface area contributed by atoms with Crippen LogP contribution in [-0.4, -0.2) is 92.4 Å². The SMILES string of the molecule is COc1cc(C)c(S(=O)N(C)CCOCC(=O)N(C)Cc2ccc(OCCN(C)C)c(C)c2)c(C)c1. The zero-order valence-electron chi connectivity index (χ0n) is 22.9. The Bertz CT molecular complexity index is 1020. The molecule has 8 nitrogen and oxygen atoms in total. The van der Waals surface area contributed by atoms with Crippen LogP contribution in [0.1, 0.15) is 22.3 Å². The number of carbonyl (C=O) groups is 1. The molecule has 2 rings (SSSR count). The molecule has 0 saturated carbocycles. The molecule has 2 aromatic carbocycles. The summed E-state index contributed by atoms with van der Waals surface area (Å²) in [5.41, 5.74) is 3.90. The van der Waals surface area contributed by atoms with E-state index in [-0.39, 0.29) is 12.5 Å². The Morgan fingerprint density at radius 2 is 1.58 bits per heavy atom. The number of amides is 1. The van der Waals surface area contributed by atoms with E-state index in [4.69, 9.17) is 14.2 Å². The van der Waals surface area contributed by atoms with E-state index in [0.717, 1.165) is 45.2 Å². The second-order valence-corrected chi connectivity index (χ2v) is 10.8. The second-order valence-electron chi connectivity index (χ2n) is 9.24. The fraction of sp³-hybridized carbons (Fsp3) is 0.519. The standard InChI is InChI=1S/C27H41N3O5S/c1-20-15-23(9-10-25(20)35-14-11-28(4)5)18-29(6)26(31)19-34-13-12-30(7)36(32)27-21(2)16-24(33-8)17-22(27)3/h9-10,15-17H,11-14,18-19H2,1-8H3. The maximum absolute atomic E-state index is 13.0. The van der Waals surface area contributed by atoms with Crippen molar-refractivity contribution in [3.05, 3.63) is 52.6 Å². The van der Waals surface area contributed by atoms with Crippen LogP contribution in [0.2, 0.25) is 0 Å². The van der Waals surface area contributed by atoms with Crippen molar-refractivity contribution in [1.29, 1.82) is 0 Å². The summed E-state index contributed by atoms with van der Waals surface area (Å²) in [6.45, 7) is 8.54. The highest BCUT2D eigenvalue weighted by atomic mass is 32.2. The topological polar surface area (TPSA) is 71.5 Å². The molecule has 2 aromatic rings. The van der Waals surface area contributed by atoms with Crippen molar-refractivity contribution in [2.45, 2.75) is 32.2 Å². The first-order valence-corrected chi connectivity index (χ1v) is 13.1. The lowest BCUT2D eigenvalue weighted by Crippen LogP contribution is -2.32. The van der Waals surface area contributed by atoms with Gasteiger partial charge in [0.2, 0.25) is 5.91 Å². The lowest BCUT2D eigenvalue weighted by Gasteiger charge is -2.20. The number of likely N-dealkylation sites (N-methyl/N-ethyl adjacent to an activating group) is 3. The van der Waals surface area contributed by atoms with Crippen molar-refractivity contribution < 1.29 is 23.2 Å². The number of methoxy groups -OCH3 is 1. The molecule has 0 aliphatic carbocycles. The average molecular weight is 520 g/mol. The van der Waals surface area contributed by atoms with E-state index >= 15 is 0 Å². The van der Waals surface area contributed by atoms with E-state index in [1.54, 1.807) is 30.4 Å². The van der Waals surface area contributed by atoms with E-state index in [1.165, 1.54) is 0 Å². The molecule has 0 bridgehead atoms. The van der Waals surface area contributed by atoms with Gasteiger partial charge in [0.05, 0.1) is 18.6 Å². The Kier molecular flexibility index (Phi) is 11.8. The number of hydrogen-bond acceptors (Lipinski definition) is 6. The fourth-order valence-corrected chi connectivity index (χ4v) is 4.90. The van der Waals surface area contributed by atoms with Gasteiger partial charge in [0.1, 0.15) is 35.7 Å². The van der Waals surface area contributed by atoms with Gasteiger partial charge in [0.25, 0.3) is 0 Å². The molecule has 0 saturated heterocycles. The minimum absolute atomic E-state index is 0.0255. The van der Waals surface area contributed by atoms with Crippen LogP contribution in [0.4, 0.5) is 0 Å². The Morgan fingerprint density at radius 3 is 2.17 bits per heavy atom. The third-order valence-corrected chi connectivity index (χ3v) is 7.53. The molecule has 36 heavy (non-hydrogen) atoms. The number of nitrogens with zero attached hydrogens (tertiary/aromatic N) is 3. The van der Waals surface area contributed by atoms with Crippen molar-refractivity contribution in [3.8, 4) is 11.5 Å². The molecular formula is C27H41N3O5S. The summed E-state index contributed by atoms with van der Waals surface area (Å²) in [6.07, 6.45) is 0. The Balaban J connectivity index is 1.79. The molecule has 0 aromatic heterocycles. The fourth-order valence-electron chi connectivity index (χ4n) is 3.68. The highest BCUT2D eigenvalue weighted by Gasteiger charge is 2.17. The van der Waals surface area contributed by atoms with Gasteiger partial charge in [-0.05, 0) is 75.3 Å². The first-order chi connectivity index (χ1) is 17.0. The average Bonchev–Trinajstić information content (AvgIpc) is 2.81. The van der Waals surface area contributed by atoms with Crippen molar-refractivity contribution in [3.63, 3.8) is 0 Å². The van der Waals surface area contributed by atoms with Gasteiger partial charge in [-0.3, -0.25) is 4.79 Å². The van der Waals surface area contributed by atoms with Gasteiger partial charge < -0.3 is 24.0 Å². The van der Waals surface area contributed by atoms with Gasteiger partial charge in [0, 0.05) is 33.7 Å². The Labute approximate surface area is 218 Å². The van der Waals surface area contributed by atoms with Crippen LogP contribution in [0.25, 0.3) is 0 Å². The van der Waals surface area contributed by atoms with Gasteiger partial charge >= 0.3 is 0 Å². The van der Waals surface area contributed by atoms with Crippen LogP contribution < -0.4 is 9.47 Å². The molecule has 0 radical (unpaired) electrons. The van der Waals surface area contributed by atoms with E-state index < -0.39 is 11.0 Å². The van der Waals surface area contributed by atoms with Crippen molar-refractivity contribution in [1.82, 2.24) is 14.1 Å². The van der Waals surface area contributed by atoms with Gasteiger partial charge in [-0.15, -0.1) is 0 Å². The first-order valence-electron chi connectivity index (χ1n) is 12.0. The molecule has 9 heteroatoms. The molecule has 1 unspecified atom stereocenters. The van der Waals surface area contributed by atoms with Crippen molar-refractivity contribution in [2.75, 3.05) is 68.2 Å². The molecule has 0 fully saturated rings. The zero-order valence-corrected chi connectivity index (χ0v) is 23.7. The summed E-state index contributed by atoms with van der Waals surface area (Å²) in [5.74, 6) is 1.50. The largest absolute Gasteiger partial charge is 0.497 e. The van der Waals surface area contributed by atoms with Gasteiger partial charge in [-0.2, -0.15) is 0 Å². The summed E-state index contributed by atoms with van der Waals surface area (Å²) >= 11 is 0.